The second-order valence-electron chi connectivity index (χ2n) is 6.18. The van der Waals surface area contributed by atoms with E-state index in [1.54, 1.807) is 0 Å². The molecule has 2 rings (SSSR count). The summed E-state index contributed by atoms with van der Waals surface area (Å²) in [5.41, 5.74) is 0.639. The summed E-state index contributed by atoms with van der Waals surface area (Å²) in [6, 6.07) is 0. The molecule has 0 bridgehead atoms. The van der Waals surface area contributed by atoms with Crippen molar-refractivity contribution < 1.29 is 0 Å². The van der Waals surface area contributed by atoms with Crippen LogP contribution in [-0.2, 0) is 0 Å². The molecular formula is C15H31N3. The molecule has 0 spiro atoms. The number of nitrogens with zero attached hydrogens (tertiary/aromatic N) is 2. The maximum absolute atomic E-state index is 3.48. The van der Waals surface area contributed by atoms with Crippen LogP contribution < -0.4 is 5.32 Å². The number of hydrogen-bond donors (Lipinski definition) is 1. The van der Waals surface area contributed by atoms with Crippen LogP contribution in [0.25, 0.3) is 0 Å². The van der Waals surface area contributed by atoms with Crippen LogP contribution in [0.4, 0.5) is 0 Å². The van der Waals surface area contributed by atoms with Crippen LogP contribution in [0, 0.1) is 5.41 Å². The summed E-state index contributed by atoms with van der Waals surface area (Å²) in [7, 11) is 0. The van der Waals surface area contributed by atoms with Crippen LogP contribution in [0.1, 0.15) is 39.5 Å². The van der Waals surface area contributed by atoms with E-state index < -0.39 is 0 Å². The Balaban J connectivity index is 1.71. The van der Waals surface area contributed by atoms with Gasteiger partial charge in [-0.05, 0) is 50.7 Å². The van der Waals surface area contributed by atoms with Gasteiger partial charge in [-0.15, -0.1) is 0 Å². The molecular weight excluding hydrogens is 222 g/mol. The van der Waals surface area contributed by atoms with Crippen LogP contribution in [-0.4, -0.2) is 62.2 Å². The van der Waals surface area contributed by atoms with Crippen LogP contribution in [0.15, 0.2) is 0 Å². The minimum absolute atomic E-state index is 0.639. The van der Waals surface area contributed by atoms with Gasteiger partial charge in [-0.3, -0.25) is 0 Å². The standard InChI is InChI=1S/C15H31N3/c1-3-15(4-2)6-10-18(14-15)13-12-17-9-5-7-16-8-11-17/h16H,3-14H2,1-2H3. The summed E-state index contributed by atoms with van der Waals surface area (Å²) in [5, 5.41) is 3.48. The van der Waals surface area contributed by atoms with Crippen molar-refractivity contribution in [3.05, 3.63) is 0 Å². The topological polar surface area (TPSA) is 18.5 Å². The number of likely N-dealkylation sites (tertiary alicyclic amines) is 1. The lowest BCUT2D eigenvalue weighted by Gasteiger charge is -2.28. The fourth-order valence-corrected chi connectivity index (χ4v) is 3.45. The Kier molecular flexibility index (Phi) is 5.46. The normalized spacial score (nSPS) is 26.3. The molecule has 0 radical (unpaired) electrons. The molecule has 3 nitrogen and oxygen atoms in total. The van der Waals surface area contributed by atoms with Crippen LogP contribution >= 0.6 is 0 Å². The first-order valence-corrected chi connectivity index (χ1v) is 7.93. The molecule has 3 heteroatoms. The molecule has 0 amide bonds. The van der Waals surface area contributed by atoms with Gasteiger partial charge < -0.3 is 15.1 Å². The maximum atomic E-state index is 3.48. The van der Waals surface area contributed by atoms with Crippen molar-refractivity contribution in [1.29, 1.82) is 0 Å². The van der Waals surface area contributed by atoms with Crippen molar-refractivity contribution in [3.8, 4) is 0 Å². The molecule has 1 N–H and O–H groups in total. The molecule has 0 saturated carbocycles. The largest absolute Gasteiger partial charge is 0.315 e. The van der Waals surface area contributed by atoms with Crippen LogP contribution in [0.2, 0.25) is 0 Å². The smallest absolute Gasteiger partial charge is 0.0110 e. The molecule has 2 aliphatic rings. The summed E-state index contributed by atoms with van der Waals surface area (Å²) in [6.45, 7) is 14.9. The van der Waals surface area contributed by atoms with Crippen LogP contribution in [0.3, 0.4) is 0 Å². The molecule has 0 aromatic carbocycles. The van der Waals surface area contributed by atoms with Gasteiger partial charge in [0.1, 0.15) is 0 Å². The molecule has 0 unspecified atom stereocenters. The Labute approximate surface area is 113 Å². The molecule has 2 heterocycles. The van der Waals surface area contributed by atoms with Crippen LogP contribution in [0.5, 0.6) is 0 Å². The lowest BCUT2D eigenvalue weighted by molar-refractivity contribution is 0.205. The summed E-state index contributed by atoms with van der Waals surface area (Å²) in [6.07, 6.45) is 5.44. The fraction of sp³-hybridized carbons (Fsp3) is 1.00. The SMILES string of the molecule is CCC1(CC)CCN(CCN2CCCNCC2)C1. The lowest BCUT2D eigenvalue weighted by atomic mass is 9.82. The summed E-state index contributed by atoms with van der Waals surface area (Å²) in [4.78, 5) is 5.34. The zero-order chi connectivity index (χ0) is 12.8. The van der Waals surface area contributed by atoms with E-state index in [9.17, 15) is 0 Å². The van der Waals surface area contributed by atoms with Gasteiger partial charge in [-0.2, -0.15) is 0 Å². The van der Waals surface area contributed by atoms with E-state index in [-0.39, 0.29) is 0 Å². The number of rotatable bonds is 5. The molecule has 18 heavy (non-hydrogen) atoms. The van der Waals surface area contributed by atoms with Gasteiger partial charge in [-0.25, -0.2) is 0 Å². The predicted octanol–water partition coefficient (Wildman–Crippen LogP) is 1.79. The molecule has 2 aliphatic heterocycles. The van der Waals surface area contributed by atoms with E-state index >= 15 is 0 Å². The Bertz CT molecular complexity index is 230. The number of hydrogen-bond acceptors (Lipinski definition) is 3. The minimum atomic E-state index is 0.639. The first-order valence-electron chi connectivity index (χ1n) is 7.93. The first-order chi connectivity index (χ1) is 8.78. The summed E-state index contributed by atoms with van der Waals surface area (Å²) >= 11 is 0. The highest BCUT2D eigenvalue weighted by atomic mass is 15.2. The highest BCUT2D eigenvalue weighted by Crippen LogP contribution is 2.36. The minimum Gasteiger partial charge on any atom is -0.315 e. The van der Waals surface area contributed by atoms with Crippen molar-refractivity contribution in [2.75, 3.05) is 52.4 Å². The van der Waals surface area contributed by atoms with E-state index in [1.165, 1.54) is 78.0 Å². The lowest BCUT2D eigenvalue weighted by Crippen LogP contribution is -2.37. The van der Waals surface area contributed by atoms with Crippen molar-refractivity contribution in [1.82, 2.24) is 15.1 Å². The molecule has 0 aromatic rings. The predicted molar refractivity (Wildman–Crippen MR) is 78.0 cm³/mol. The van der Waals surface area contributed by atoms with Gasteiger partial charge in [0.2, 0.25) is 0 Å². The van der Waals surface area contributed by atoms with Crippen molar-refractivity contribution in [2.45, 2.75) is 39.5 Å². The highest BCUT2D eigenvalue weighted by molar-refractivity contribution is 4.88. The maximum Gasteiger partial charge on any atom is 0.0110 e. The summed E-state index contributed by atoms with van der Waals surface area (Å²) < 4.78 is 0. The summed E-state index contributed by atoms with van der Waals surface area (Å²) in [5.74, 6) is 0. The van der Waals surface area contributed by atoms with Gasteiger partial charge in [0.05, 0.1) is 0 Å². The Morgan fingerprint density at radius 1 is 0.944 bits per heavy atom. The van der Waals surface area contributed by atoms with Gasteiger partial charge in [-0.1, -0.05) is 13.8 Å². The Morgan fingerprint density at radius 3 is 2.44 bits per heavy atom. The third-order valence-corrected chi connectivity index (χ3v) is 5.18. The third kappa shape index (κ3) is 3.69. The monoisotopic (exact) mass is 253 g/mol. The molecule has 0 atom stereocenters. The van der Waals surface area contributed by atoms with Gasteiger partial charge in [0.25, 0.3) is 0 Å². The first kappa shape index (κ1) is 14.3. The highest BCUT2D eigenvalue weighted by Gasteiger charge is 2.34. The van der Waals surface area contributed by atoms with Gasteiger partial charge in [0, 0.05) is 32.7 Å². The quantitative estimate of drug-likeness (QED) is 0.806. The second-order valence-corrected chi connectivity index (χ2v) is 6.18. The fourth-order valence-electron chi connectivity index (χ4n) is 3.45. The van der Waals surface area contributed by atoms with E-state index in [4.69, 9.17) is 0 Å². The number of nitrogens with one attached hydrogen (secondary N) is 1. The van der Waals surface area contributed by atoms with E-state index in [0.29, 0.717) is 5.41 Å². The third-order valence-electron chi connectivity index (χ3n) is 5.18. The van der Waals surface area contributed by atoms with Crippen molar-refractivity contribution >= 4 is 0 Å². The zero-order valence-electron chi connectivity index (χ0n) is 12.4. The average molecular weight is 253 g/mol. The molecule has 2 saturated heterocycles. The van der Waals surface area contributed by atoms with E-state index in [1.807, 2.05) is 0 Å². The molecule has 106 valence electrons. The van der Waals surface area contributed by atoms with Gasteiger partial charge in [0.15, 0.2) is 0 Å². The van der Waals surface area contributed by atoms with Crippen molar-refractivity contribution in [3.63, 3.8) is 0 Å². The zero-order valence-corrected chi connectivity index (χ0v) is 12.4. The van der Waals surface area contributed by atoms with E-state index in [2.05, 4.69) is 29.0 Å². The average Bonchev–Trinajstić information content (AvgIpc) is 2.65. The van der Waals surface area contributed by atoms with Crippen molar-refractivity contribution in [2.24, 2.45) is 5.41 Å². The van der Waals surface area contributed by atoms with E-state index in [0.717, 1.165) is 0 Å². The molecule has 2 fully saturated rings. The second kappa shape index (κ2) is 6.88. The Hall–Kier alpha value is -0.120. The molecule has 0 aliphatic carbocycles. The Morgan fingerprint density at radius 2 is 1.72 bits per heavy atom. The van der Waals surface area contributed by atoms with Gasteiger partial charge >= 0.3 is 0 Å². The molecule has 0 aromatic heterocycles.